The Morgan fingerprint density at radius 2 is 2.06 bits per heavy atom. The van der Waals surface area contributed by atoms with Crippen LogP contribution in [0.15, 0.2) is 41.8 Å². The first-order valence-electron chi connectivity index (χ1n) is 6.49. The van der Waals surface area contributed by atoms with Gasteiger partial charge in [0.2, 0.25) is 0 Å². The van der Waals surface area contributed by atoms with Gasteiger partial charge in [-0.3, -0.25) is 4.79 Å². The fourth-order valence-corrected chi connectivity index (χ4v) is 3.43. The van der Waals surface area contributed by atoms with Gasteiger partial charge in [0, 0.05) is 16.4 Å². The van der Waals surface area contributed by atoms with Gasteiger partial charge in [0.1, 0.15) is 0 Å². The standard InChI is InChI=1S/C16H16OS/c17-16-13(9-10-14-5-3-11-18-14)8-7-12-4-1-2-6-15(12)16/h1-6,11,13H,7-10H2. The molecule has 2 aromatic rings. The van der Waals surface area contributed by atoms with Crippen LogP contribution in [0.1, 0.15) is 33.6 Å². The second-order valence-electron chi connectivity index (χ2n) is 4.88. The van der Waals surface area contributed by atoms with E-state index in [-0.39, 0.29) is 5.92 Å². The molecule has 0 saturated heterocycles. The third kappa shape index (κ3) is 2.25. The minimum atomic E-state index is 0.224. The minimum absolute atomic E-state index is 0.224. The quantitative estimate of drug-likeness (QED) is 0.807. The van der Waals surface area contributed by atoms with Gasteiger partial charge in [0.15, 0.2) is 5.78 Å². The number of carbonyl (C=O) groups excluding carboxylic acids is 1. The normalized spacial score (nSPS) is 18.7. The van der Waals surface area contributed by atoms with Crippen molar-refractivity contribution in [2.45, 2.75) is 25.7 Å². The number of rotatable bonds is 3. The Hall–Kier alpha value is -1.41. The molecule has 1 aromatic carbocycles. The molecule has 1 heterocycles. The predicted molar refractivity (Wildman–Crippen MR) is 75.2 cm³/mol. The van der Waals surface area contributed by atoms with E-state index < -0.39 is 0 Å². The van der Waals surface area contributed by atoms with E-state index in [0.29, 0.717) is 5.78 Å². The molecular weight excluding hydrogens is 240 g/mol. The zero-order valence-electron chi connectivity index (χ0n) is 10.3. The van der Waals surface area contributed by atoms with Gasteiger partial charge in [-0.25, -0.2) is 0 Å². The third-order valence-corrected chi connectivity index (χ3v) is 4.67. The van der Waals surface area contributed by atoms with E-state index in [1.807, 2.05) is 18.2 Å². The second-order valence-corrected chi connectivity index (χ2v) is 5.91. The summed E-state index contributed by atoms with van der Waals surface area (Å²) in [4.78, 5) is 13.8. The highest BCUT2D eigenvalue weighted by molar-refractivity contribution is 7.09. The number of benzene rings is 1. The van der Waals surface area contributed by atoms with Crippen LogP contribution >= 0.6 is 11.3 Å². The number of aryl methyl sites for hydroxylation is 2. The summed E-state index contributed by atoms with van der Waals surface area (Å²) in [6, 6.07) is 12.3. The zero-order valence-corrected chi connectivity index (χ0v) is 11.1. The lowest BCUT2D eigenvalue weighted by Gasteiger charge is -2.22. The molecule has 0 fully saturated rings. The Balaban J connectivity index is 1.71. The molecule has 1 atom stereocenters. The highest BCUT2D eigenvalue weighted by Crippen LogP contribution is 2.28. The maximum absolute atomic E-state index is 12.4. The summed E-state index contributed by atoms with van der Waals surface area (Å²) < 4.78 is 0. The maximum Gasteiger partial charge on any atom is 0.166 e. The van der Waals surface area contributed by atoms with Gasteiger partial charge in [0.05, 0.1) is 0 Å². The summed E-state index contributed by atoms with van der Waals surface area (Å²) >= 11 is 1.79. The molecule has 2 heteroatoms. The summed E-state index contributed by atoms with van der Waals surface area (Å²) in [6.07, 6.45) is 4.10. The lowest BCUT2D eigenvalue weighted by atomic mass is 9.80. The van der Waals surface area contributed by atoms with E-state index in [9.17, 15) is 4.79 Å². The molecule has 92 valence electrons. The summed E-state index contributed by atoms with van der Waals surface area (Å²) in [5, 5.41) is 2.10. The van der Waals surface area contributed by atoms with Crippen molar-refractivity contribution < 1.29 is 4.79 Å². The van der Waals surface area contributed by atoms with Crippen molar-refractivity contribution in [3.63, 3.8) is 0 Å². The Bertz CT molecular complexity index is 542. The molecule has 1 aromatic heterocycles. The number of thiophene rings is 1. The van der Waals surface area contributed by atoms with Crippen LogP contribution in [0, 0.1) is 5.92 Å². The van der Waals surface area contributed by atoms with Crippen molar-refractivity contribution in [2.24, 2.45) is 5.92 Å². The molecule has 1 nitrogen and oxygen atoms in total. The SMILES string of the molecule is O=C1c2ccccc2CCC1CCc1cccs1. The zero-order chi connectivity index (χ0) is 12.4. The lowest BCUT2D eigenvalue weighted by molar-refractivity contribution is 0.0895. The number of hydrogen-bond acceptors (Lipinski definition) is 2. The molecule has 1 aliphatic rings. The highest BCUT2D eigenvalue weighted by atomic mass is 32.1. The number of hydrogen-bond donors (Lipinski definition) is 0. The van der Waals surface area contributed by atoms with Crippen LogP contribution in [0.3, 0.4) is 0 Å². The van der Waals surface area contributed by atoms with Gasteiger partial charge in [-0.1, -0.05) is 30.3 Å². The molecular formula is C16H16OS. The van der Waals surface area contributed by atoms with E-state index in [0.717, 1.165) is 31.2 Å². The predicted octanol–water partition coefficient (Wildman–Crippen LogP) is 4.13. The van der Waals surface area contributed by atoms with E-state index in [2.05, 4.69) is 23.6 Å². The Labute approximate surface area is 111 Å². The Kier molecular flexibility index (Phi) is 3.28. The third-order valence-electron chi connectivity index (χ3n) is 3.74. The summed E-state index contributed by atoms with van der Waals surface area (Å²) in [5.41, 5.74) is 2.19. The van der Waals surface area contributed by atoms with Gasteiger partial charge >= 0.3 is 0 Å². The molecule has 0 saturated carbocycles. The monoisotopic (exact) mass is 256 g/mol. The van der Waals surface area contributed by atoms with E-state index >= 15 is 0 Å². The second kappa shape index (κ2) is 5.07. The van der Waals surface area contributed by atoms with Crippen molar-refractivity contribution in [3.05, 3.63) is 57.8 Å². The Morgan fingerprint density at radius 3 is 2.89 bits per heavy atom. The fourth-order valence-electron chi connectivity index (χ4n) is 2.71. The fraction of sp³-hybridized carbons (Fsp3) is 0.312. The van der Waals surface area contributed by atoms with Crippen molar-refractivity contribution in [3.8, 4) is 0 Å². The molecule has 0 amide bonds. The van der Waals surface area contributed by atoms with Crippen LogP contribution in [0.5, 0.6) is 0 Å². The minimum Gasteiger partial charge on any atom is -0.294 e. The van der Waals surface area contributed by atoms with E-state index in [1.165, 1.54) is 10.4 Å². The average Bonchev–Trinajstić information content (AvgIpc) is 2.91. The number of carbonyl (C=O) groups is 1. The number of Topliss-reactive ketones (excluding diaryl/α,β-unsaturated/α-hetero) is 1. The summed E-state index contributed by atoms with van der Waals surface area (Å²) in [6.45, 7) is 0. The maximum atomic E-state index is 12.4. The van der Waals surface area contributed by atoms with Crippen LogP contribution in [0.2, 0.25) is 0 Å². The molecule has 0 radical (unpaired) electrons. The van der Waals surface area contributed by atoms with Crippen molar-refractivity contribution in [2.75, 3.05) is 0 Å². The molecule has 18 heavy (non-hydrogen) atoms. The van der Waals surface area contributed by atoms with Crippen LogP contribution in [0.4, 0.5) is 0 Å². The molecule has 3 rings (SSSR count). The molecule has 1 unspecified atom stereocenters. The largest absolute Gasteiger partial charge is 0.294 e. The van der Waals surface area contributed by atoms with E-state index in [4.69, 9.17) is 0 Å². The first kappa shape index (κ1) is 11.7. The van der Waals surface area contributed by atoms with Gasteiger partial charge < -0.3 is 0 Å². The van der Waals surface area contributed by atoms with Crippen LogP contribution in [-0.4, -0.2) is 5.78 Å². The average molecular weight is 256 g/mol. The van der Waals surface area contributed by atoms with Gasteiger partial charge in [-0.2, -0.15) is 0 Å². The van der Waals surface area contributed by atoms with Gasteiger partial charge in [0.25, 0.3) is 0 Å². The molecule has 0 N–H and O–H groups in total. The first-order valence-corrected chi connectivity index (χ1v) is 7.37. The van der Waals surface area contributed by atoms with Gasteiger partial charge in [-0.15, -0.1) is 11.3 Å². The van der Waals surface area contributed by atoms with E-state index in [1.54, 1.807) is 11.3 Å². The van der Waals surface area contributed by atoms with Crippen molar-refractivity contribution in [1.82, 2.24) is 0 Å². The molecule has 0 spiro atoms. The van der Waals surface area contributed by atoms with Gasteiger partial charge in [-0.05, 0) is 42.7 Å². The van der Waals surface area contributed by atoms with Crippen molar-refractivity contribution >= 4 is 17.1 Å². The number of ketones is 1. The van der Waals surface area contributed by atoms with Crippen LogP contribution in [0.25, 0.3) is 0 Å². The summed E-state index contributed by atoms with van der Waals surface area (Å²) in [5.74, 6) is 0.579. The first-order chi connectivity index (χ1) is 8.84. The molecule has 0 aliphatic heterocycles. The molecule has 0 bridgehead atoms. The summed E-state index contributed by atoms with van der Waals surface area (Å²) in [7, 11) is 0. The molecule has 1 aliphatic carbocycles. The highest BCUT2D eigenvalue weighted by Gasteiger charge is 2.26. The topological polar surface area (TPSA) is 17.1 Å². The van der Waals surface area contributed by atoms with Crippen LogP contribution < -0.4 is 0 Å². The van der Waals surface area contributed by atoms with Crippen LogP contribution in [-0.2, 0) is 12.8 Å². The lowest BCUT2D eigenvalue weighted by Crippen LogP contribution is -2.22. The number of fused-ring (bicyclic) bond motifs is 1. The Morgan fingerprint density at radius 1 is 1.17 bits per heavy atom. The smallest absolute Gasteiger partial charge is 0.166 e. The van der Waals surface area contributed by atoms with Crippen molar-refractivity contribution in [1.29, 1.82) is 0 Å².